The molecule has 11 aromatic rings. The van der Waals surface area contributed by atoms with Gasteiger partial charge in [0.05, 0.1) is 0 Å². The molecule has 5 heterocycles. The molecule has 0 fully saturated rings. The SMILES string of the molecule is c1ccc(N(c2ccccc2)c2cc3c4c(c2)N(c2ccccc2)c2cc5c(cc2B4c2ccccc2S3)B2c3ccccc3[Se]c3c2c(cc2sc4ccccc4c32)N5c2ccccc2)cc1. The van der Waals surface area contributed by atoms with Gasteiger partial charge in [0.15, 0.2) is 0 Å². The van der Waals surface area contributed by atoms with Crippen LogP contribution in [0.25, 0.3) is 20.2 Å². The van der Waals surface area contributed by atoms with Gasteiger partial charge in [-0.15, -0.1) is 0 Å². The maximum atomic E-state index is 2.65. The number of rotatable bonds is 5. The molecule has 10 aromatic carbocycles. The molecule has 8 heteroatoms. The van der Waals surface area contributed by atoms with E-state index in [0.717, 1.165) is 22.7 Å². The molecule has 0 bridgehead atoms. The largest absolute Gasteiger partial charge is 0.0602 e. The molecule has 68 heavy (non-hydrogen) atoms. The Balaban J connectivity index is 1.06. The second-order valence-corrected chi connectivity index (χ2v) is 22.3. The fourth-order valence-electron chi connectivity index (χ4n) is 11.6. The van der Waals surface area contributed by atoms with Crippen molar-refractivity contribution in [1.29, 1.82) is 0 Å². The van der Waals surface area contributed by atoms with E-state index in [1.165, 1.54) is 100 Å². The summed E-state index contributed by atoms with van der Waals surface area (Å²) >= 11 is 3.97. The Bertz CT molecular complexity index is 3810. The minimum atomic E-state index is 0.0195. The molecule has 0 radical (unpaired) electrons. The number of nitrogens with zero attached hydrogens (tertiary/aromatic N) is 3. The van der Waals surface area contributed by atoms with Crippen LogP contribution >= 0.6 is 23.1 Å². The van der Waals surface area contributed by atoms with Crippen LogP contribution < -0.4 is 56.4 Å². The van der Waals surface area contributed by atoms with Crippen molar-refractivity contribution in [3.63, 3.8) is 0 Å². The van der Waals surface area contributed by atoms with E-state index in [9.17, 15) is 0 Å². The number of para-hydroxylation sites is 4. The molecule has 0 atom stereocenters. The standard InChI is InChI=1S/C60H37B2N3S2Se/c1-5-19-38(20-6-1)63(39-21-7-2-8-22-39)42-33-50-58-55(34-42)67-53-31-17-14-28-44(53)61(58)46-35-47-49(36-48(46)64(50)40-23-9-3-10-24-40)65(41-25-11-4-12-26-41)51-37-54-57(43-27-13-16-30-52(43)66-54)60-59(51)62(47)45-29-15-18-32-56(45)68-60/h1-37H. The average molecular weight is 965 g/mol. The predicted molar refractivity (Wildman–Crippen MR) is 295 cm³/mol. The zero-order valence-corrected chi connectivity index (χ0v) is 39.9. The molecule has 0 N–H and O–H groups in total. The van der Waals surface area contributed by atoms with Gasteiger partial charge in [0.1, 0.15) is 0 Å². The summed E-state index contributed by atoms with van der Waals surface area (Å²) in [6.07, 6.45) is 0. The van der Waals surface area contributed by atoms with Crippen molar-refractivity contribution < 1.29 is 0 Å². The normalized spacial score (nSPS) is 13.6. The van der Waals surface area contributed by atoms with Gasteiger partial charge in [-0.25, -0.2) is 0 Å². The Morgan fingerprint density at radius 2 is 0.956 bits per heavy atom. The monoisotopic (exact) mass is 965 g/mol. The van der Waals surface area contributed by atoms with E-state index >= 15 is 0 Å². The predicted octanol–water partition coefficient (Wildman–Crippen LogP) is 10.6. The summed E-state index contributed by atoms with van der Waals surface area (Å²) in [6.45, 7) is 0.0909. The molecule has 316 valence electrons. The quantitative estimate of drug-likeness (QED) is 0.159. The molecule has 0 unspecified atom stereocenters. The topological polar surface area (TPSA) is 9.72 Å². The van der Waals surface area contributed by atoms with Gasteiger partial charge in [0, 0.05) is 11.4 Å². The third kappa shape index (κ3) is 5.69. The first-order valence-corrected chi connectivity index (χ1v) is 26.6. The number of hydrogen-bond acceptors (Lipinski definition) is 5. The molecular formula is C60H37B2N3S2Se. The summed E-state index contributed by atoms with van der Waals surface area (Å²) in [4.78, 5) is 10.2. The van der Waals surface area contributed by atoms with Gasteiger partial charge in [0.2, 0.25) is 0 Å². The third-order valence-electron chi connectivity index (χ3n) is 14.3. The van der Waals surface area contributed by atoms with Crippen molar-refractivity contribution in [2.75, 3.05) is 14.7 Å². The second kappa shape index (κ2) is 15.2. The van der Waals surface area contributed by atoms with Gasteiger partial charge in [-0.05, 0) is 24.3 Å². The van der Waals surface area contributed by atoms with E-state index in [4.69, 9.17) is 0 Å². The Morgan fingerprint density at radius 3 is 1.65 bits per heavy atom. The molecule has 0 spiro atoms. The maximum absolute atomic E-state index is 2.65. The van der Waals surface area contributed by atoms with Crippen LogP contribution in [0.5, 0.6) is 0 Å². The van der Waals surface area contributed by atoms with E-state index in [2.05, 4.69) is 239 Å². The Labute approximate surface area is 410 Å². The van der Waals surface area contributed by atoms with Crippen molar-refractivity contribution in [2.45, 2.75) is 9.79 Å². The molecule has 3 nitrogen and oxygen atoms in total. The van der Waals surface area contributed by atoms with E-state index < -0.39 is 0 Å². The molecule has 0 aliphatic carbocycles. The Kier molecular flexibility index (Phi) is 8.67. The fraction of sp³-hybridized carbons (Fsp3) is 0. The van der Waals surface area contributed by atoms with Crippen LogP contribution in [0.4, 0.5) is 51.2 Å². The average Bonchev–Trinajstić information content (AvgIpc) is 3.78. The van der Waals surface area contributed by atoms with Crippen LogP contribution in [0.1, 0.15) is 0 Å². The van der Waals surface area contributed by atoms with Gasteiger partial charge < -0.3 is 0 Å². The van der Waals surface area contributed by atoms with Crippen LogP contribution in [-0.2, 0) is 0 Å². The van der Waals surface area contributed by atoms with E-state index in [0.29, 0.717) is 0 Å². The number of hydrogen-bond donors (Lipinski definition) is 0. The molecular weight excluding hydrogens is 927 g/mol. The minimum Gasteiger partial charge on any atom is -0.0602 e. The van der Waals surface area contributed by atoms with Crippen LogP contribution in [0.15, 0.2) is 234 Å². The first kappa shape index (κ1) is 38.9. The van der Waals surface area contributed by atoms with Crippen molar-refractivity contribution in [2.24, 2.45) is 0 Å². The summed E-state index contributed by atoms with van der Waals surface area (Å²) in [5.41, 5.74) is 19.0. The number of thiophene rings is 1. The van der Waals surface area contributed by atoms with Gasteiger partial charge in [-0.1, -0.05) is 36.4 Å². The Morgan fingerprint density at radius 1 is 0.397 bits per heavy atom. The number of fused-ring (bicyclic) bond motifs is 12. The molecule has 1 aromatic heterocycles. The van der Waals surface area contributed by atoms with Crippen LogP contribution in [0.2, 0.25) is 0 Å². The molecule has 4 aliphatic heterocycles. The first-order valence-electron chi connectivity index (χ1n) is 23.2. The summed E-state index contributed by atoms with van der Waals surface area (Å²) in [5, 5.41) is 2.82. The Hall–Kier alpha value is -7.18. The van der Waals surface area contributed by atoms with E-state index in [1.807, 2.05) is 23.1 Å². The van der Waals surface area contributed by atoms with Crippen molar-refractivity contribution in [3.05, 3.63) is 224 Å². The zero-order chi connectivity index (χ0) is 44.5. The van der Waals surface area contributed by atoms with Crippen molar-refractivity contribution in [1.82, 2.24) is 0 Å². The summed E-state index contributed by atoms with van der Waals surface area (Å²) in [5.74, 6) is 0. The smallest absolute Gasteiger partial charge is 0.0380 e. The van der Waals surface area contributed by atoms with Gasteiger partial charge in [-0.2, -0.15) is 0 Å². The molecule has 4 aliphatic rings. The summed E-state index contributed by atoms with van der Waals surface area (Å²) < 4.78 is 5.72. The molecule has 0 saturated carbocycles. The molecule has 0 saturated heterocycles. The van der Waals surface area contributed by atoms with Crippen LogP contribution in [-0.4, -0.2) is 28.4 Å². The summed E-state index contributed by atoms with van der Waals surface area (Å²) in [7, 11) is 0. The number of anilines is 9. The van der Waals surface area contributed by atoms with Crippen molar-refractivity contribution in [3.8, 4) is 0 Å². The van der Waals surface area contributed by atoms with Crippen LogP contribution in [0.3, 0.4) is 0 Å². The first-order chi connectivity index (χ1) is 33.7. The molecule has 15 rings (SSSR count). The van der Waals surface area contributed by atoms with Gasteiger partial charge >= 0.3 is 341 Å². The van der Waals surface area contributed by atoms with Gasteiger partial charge in [0.25, 0.3) is 0 Å². The maximum Gasteiger partial charge on any atom is -0.0380 e. The van der Waals surface area contributed by atoms with Crippen LogP contribution in [0, 0.1) is 0 Å². The third-order valence-corrected chi connectivity index (χ3v) is 19.1. The molecule has 0 amide bonds. The number of benzene rings is 10. The summed E-state index contributed by atoms with van der Waals surface area (Å²) in [6, 6.07) is 84.1. The zero-order valence-electron chi connectivity index (χ0n) is 36.6. The van der Waals surface area contributed by atoms with Crippen molar-refractivity contribution >= 4 is 165 Å². The van der Waals surface area contributed by atoms with Gasteiger partial charge in [-0.3, -0.25) is 0 Å². The fourth-order valence-corrected chi connectivity index (χ4v) is 16.8. The van der Waals surface area contributed by atoms with E-state index in [-0.39, 0.29) is 28.4 Å². The van der Waals surface area contributed by atoms with E-state index in [1.54, 1.807) is 0 Å². The minimum absolute atomic E-state index is 0.0195. The second-order valence-electron chi connectivity index (χ2n) is 18.0.